The van der Waals surface area contributed by atoms with Crippen LogP contribution in [0, 0.1) is 11.6 Å². The first-order valence-electron chi connectivity index (χ1n) is 6.00. The zero-order chi connectivity index (χ0) is 14.0. The molecule has 0 unspecified atom stereocenters. The van der Waals surface area contributed by atoms with E-state index in [0.717, 1.165) is 37.8 Å². The van der Waals surface area contributed by atoms with E-state index >= 15 is 0 Å². The summed E-state index contributed by atoms with van der Waals surface area (Å²) in [6.45, 7) is 0. The van der Waals surface area contributed by atoms with Gasteiger partial charge in [-0.25, -0.2) is 8.78 Å². The predicted octanol–water partition coefficient (Wildman–Crippen LogP) is 4.16. The highest BCUT2D eigenvalue weighted by atomic mass is 79.9. The van der Waals surface area contributed by atoms with E-state index in [1.165, 1.54) is 0 Å². The summed E-state index contributed by atoms with van der Waals surface area (Å²) in [7, 11) is 0. The Labute approximate surface area is 127 Å². The lowest BCUT2D eigenvalue weighted by Crippen LogP contribution is -2.48. The van der Waals surface area contributed by atoms with Crippen molar-refractivity contribution in [1.29, 1.82) is 0 Å². The first-order chi connectivity index (χ1) is 8.97. The fraction of sp³-hybridized carbons (Fsp3) is 0.462. The van der Waals surface area contributed by atoms with Crippen molar-refractivity contribution >= 4 is 37.8 Å². The van der Waals surface area contributed by atoms with Gasteiger partial charge in [-0.3, -0.25) is 4.79 Å². The van der Waals surface area contributed by atoms with E-state index in [1.807, 2.05) is 0 Å². The van der Waals surface area contributed by atoms with Crippen LogP contribution in [0.15, 0.2) is 16.6 Å². The van der Waals surface area contributed by atoms with E-state index in [4.69, 9.17) is 0 Å². The van der Waals surface area contributed by atoms with Gasteiger partial charge in [-0.15, -0.1) is 0 Å². The summed E-state index contributed by atoms with van der Waals surface area (Å²) < 4.78 is 27.7. The molecule has 1 aliphatic carbocycles. The van der Waals surface area contributed by atoms with E-state index in [2.05, 4.69) is 37.2 Å². The van der Waals surface area contributed by atoms with Crippen molar-refractivity contribution in [3.05, 3.63) is 33.8 Å². The zero-order valence-electron chi connectivity index (χ0n) is 10.1. The molecule has 0 bridgehead atoms. The lowest BCUT2D eigenvalue weighted by Gasteiger charge is -2.28. The van der Waals surface area contributed by atoms with E-state index < -0.39 is 23.1 Å². The number of carbonyl (C=O) groups is 1. The molecule has 1 aliphatic rings. The van der Waals surface area contributed by atoms with Crippen LogP contribution in [-0.2, 0) is 0 Å². The van der Waals surface area contributed by atoms with Crippen LogP contribution in [0.2, 0.25) is 0 Å². The van der Waals surface area contributed by atoms with Crippen LogP contribution >= 0.6 is 31.9 Å². The summed E-state index contributed by atoms with van der Waals surface area (Å²) in [6.07, 6.45) is 3.67. The smallest absolute Gasteiger partial charge is 0.257 e. The molecule has 0 aliphatic heterocycles. The molecule has 2 nitrogen and oxygen atoms in total. The van der Waals surface area contributed by atoms with E-state index in [0.29, 0.717) is 5.33 Å². The fourth-order valence-corrected chi connectivity index (χ4v) is 3.51. The summed E-state index contributed by atoms with van der Waals surface area (Å²) in [5.74, 6) is -2.40. The number of amides is 1. The summed E-state index contributed by atoms with van der Waals surface area (Å²) >= 11 is 6.36. The van der Waals surface area contributed by atoms with Gasteiger partial charge < -0.3 is 5.32 Å². The van der Waals surface area contributed by atoms with Crippen LogP contribution in [0.25, 0.3) is 0 Å². The Bertz CT molecular complexity index is 478. The molecule has 0 atom stereocenters. The summed E-state index contributed by atoms with van der Waals surface area (Å²) in [6, 6.07) is 2.18. The standard InChI is InChI=1S/C13H13Br2F2NO/c14-7-13(3-1-2-4-13)18-12(19)11-9(16)5-8(15)6-10(11)17/h5-6H,1-4,7H2,(H,18,19). The second-order valence-corrected chi connectivity index (χ2v) is 6.30. The van der Waals surface area contributed by atoms with Gasteiger partial charge in [0.25, 0.3) is 5.91 Å². The monoisotopic (exact) mass is 395 g/mol. The Kier molecular flexibility index (Phi) is 4.61. The molecule has 0 heterocycles. The molecule has 2 rings (SSSR count). The third-order valence-corrected chi connectivity index (χ3v) is 4.96. The van der Waals surface area contributed by atoms with Crippen LogP contribution in [0.3, 0.4) is 0 Å². The van der Waals surface area contributed by atoms with Gasteiger partial charge in [0.15, 0.2) is 0 Å². The molecule has 0 spiro atoms. The average molecular weight is 397 g/mol. The maximum absolute atomic E-state index is 13.7. The van der Waals surface area contributed by atoms with Gasteiger partial charge in [0.1, 0.15) is 17.2 Å². The molecular weight excluding hydrogens is 384 g/mol. The van der Waals surface area contributed by atoms with Crippen molar-refractivity contribution in [2.75, 3.05) is 5.33 Å². The number of halogens is 4. The van der Waals surface area contributed by atoms with Crippen molar-refractivity contribution in [3.8, 4) is 0 Å². The van der Waals surface area contributed by atoms with Crippen molar-refractivity contribution in [1.82, 2.24) is 5.32 Å². The number of hydrogen-bond acceptors (Lipinski definition) is 1. The van der Waals surface area contributed by atoms with Crippen LogP contribution < -0.4 is 5.32 Å². The van der Waals surface area contributed by atoms with Crippen LogP contribution in [0.1, 0.15) is 36.0 Å². The van der Waals surface area contributed by atoms with Crippen LogP contribution in [0.5, 0.6) is 0 Å². The minimum atomic E-state index is -0.855. The highest BCUT2D eigenvalue weighted by molar-refractivity contribution is 9.10. The Hall–Kier alpha value is -0.490. The van der Waals surface area contributed by atoms with Gasteiger partial charge in [0.05, 0.1) is 5.54 Å². The molecule has 1 aromatic rings. The highest BCUT2D eigenvalue weighted by Gasteiger charge is 2.35. The minimum absolute atomic E-state index is 0.273. The Morgan fingerprint density at radius 2 is 1.79 bits per heavy atom. The van der Waals surface area contributed by atoms with Crippen LogP contribution in [0.4, 0.5) is 8.78 Å². The molecule has 1 saturated carbocycles. The molecule has 1 fully saturated rings. The largest absolute Gasteiger partial charge is 0.346 e. The molecule has 0 radical (unpaired) electrons. The number of nitrogens with one attached hydrogen (secondary N) is 1. The second kappa shape index (κ2) is 5.87. The van der Waals surface area contributed by atoms with Crippen molar-refractivity contribution in [3.63, 3.8) is 0 Å². The van der Waals surface area contributed by atoms with E-state index in [-0.39, 0.29) is 10.0 Å². The quantitative estimate of drug-likeness (QED) is 0.763. The van der Waals surface area contributed by atoms with E-state index in [1.54, 1.807) is 0 Å². The molecule has 1 N–H and O–H groups in total. The summed E-state index contributed by atoms with van der Waals surface area (Å²) in [5.41, 5.74) is -0.904. The van der Waals surface area contributed by atoms with Crippen molar-refractivity contribution < 1.29 is 13.6 Å². The van der Waals surface area contributed by atoms with Crippen molar-refractivity contribution in [2.45, 2.75) is 31.2 Å². The van der Waals surface area contributed by atoms with Gasteiger partial charge in [-0.05, 0) is 25.0 Å². The normalized spacial score (nSPS) is 17.5. The van der Waals surface area contributed by atoms with Gasteiger partial charge in [0.2, 0.25) is 0 Å². The third-order valence-electron chi connectivity index (χ3n) is 3.43. The number of hydrogen-bond donors (Lipinski definition) is 1. The number of alkyl halides is 1. The van der Waals surface area contributed by atoms with Crippen LogP contribution in [-0.4, -0.2) is 16.8 Å². The first-order valence-corrected chi connectivity index (χ1v) is 7.92. The van der Waals surface area contributed by atoms with E-state index in [9.17, 15) is 13.6 Å². The molecule has 104 valence electrons. The van der Waals surface area contributed by atoms with Gasteiger partial charge >= 0.3 is 0 Å². The first kappa shape index (κ1) is 14.9. The maximum Gasteiger partial charge on any atom is 0.257 e. The molecule has 0 aromatic heterocycles. The Morgan fingerprint density at radius 1 is 1.26 bits per heavy atom. The lowest BCUT2D eigenvalue weighted by atomic mass is 9.99. The zero-order valence-corrected chi connectivity index (χ0v) is 13.3. The number of carbonyl (C=O) groups excluding carboxylic acids is 1. The SMILES string of the molecule is O=C(NC1(CBr)CCCC1)c1c(F)cc(Br)cc1F. The summed E-state index contributed by atoms with van der Waals surface area (Å²) in [5, 5.41) is 3.37. The molecule has 1 aromatic carbocycles. The fourth-order valence-electron chi connectivity index (χ4n) is 2.41. The Morgan fingerprint density at radius 3 is 2.26 bits per heavy atom. The Balaban J connectivity index is 2.25. The van der Waals surface area contributed by atoms with Crippen molar-refractivity contribution in [2.24, 2.45) is 0 Å². The third kappa shape index (κ3) is 3.16. The van der Waals surface area contributed by atoms with Gasteiger partial charge in [-0.1, -0.05) is 44.7 Å². The topological polar surface area (TPSA) is 29.1 Å². The number of rotatable bonds is 3. The van der Waals surface area contributed by atoms with Gasteiger partial charge in [0, 0.05) is 9.80 Å². The predicted molar refractivity (Wildman–Crippen MR) is 76.5 cm³/mol. The molecular formula is C13H13Br2F2NO. The molecule has 19 heavy (non-hydrogen) atoms. The molecule has 6 heteroatoms. The molecule has 1 amide bonds. The average Bonchev–Trinajstić information content (AvgIpc) is 2.76. The summed E-state index contributed by atoms with van der Waals surface area (Å²) in [4.78, 5) is 12.1. The minimum Gasteiger partial charge on any atom is -0.346 e. The second-order valence-electron chi connectivity index (χ2n) is 4.82. The number of benzene rings is 1. The lowest BCUT2D eigenvalue weighted by molar-refractivity contribution is 0.0901. The highest BCUT2D eigenvalue weighted by Crippen LogP contribution is 2.32. The van der Waals surface area contributed by atoms with Gasteiger partial charge in [-0.2, -0.15) is 0 Å². The maximum atomic E-state index is 13.7. The molecule has 0 saturated heterocycles.